The Balaban J connectivity index is 1.82. The van der Waals surface area contributed by atoms with Crippen LogP contribution in [0, 0.1) is 19.8 Å². The molecule has 2 aromatic carbocycles. The summed E-state index contributed by atoms with van der Waals surface area (Å²) in [4.78, 5) is 13.1. The fourth-order valence-electron chi connectivity index (χ4n) is 3.14. The van der Waals surface area contributed by atoms with E-state index in [1.165, 1.54) is 5.56 Å². The van der Waals surface area contributed by atoms with Crippen molar-refractivity contribution >= 4 is 11.6 Å². The van der Waals surface area contributed by atoms with Gasteiger partial charge in [-0.2, -0.15) is 11.1 Å². The van der Waals surface area contributed by atoms with Gasteiger partial charge in [0.25, 0.3) is 0 Å². The summed E-state index contributed by atoms with van der Waals surface area (Å²) in [5.41, 5.74) is 15.6. The lowest BCUT2D eigenvalue weighted by molar-refractivity contribution is -0.120. The first kappa shape index (κ1) is 20.1. The molecule has 28 heavy (non-hydrogen) atoms. The highest BCUT2D eigenvalue weighted by Gasteiger charge is 2.31. The molecule has 3 rings (SSSR count). The van der Waals surface area contributed by atoms with Gasteiger partial charge in [0.15, 0.2) is 0 Å². The zero-order chi connectivity index (χ0) is 20.1. The molecule has 0 aromatic heterocycles. The van der Waals surface area contributed by atoms with Crippen molar-refractivity contribution in [1.29, 1.82) is 0 Å². The van der Waals surface area contributed by atoms with E-state index < -0.39 is 5.92 Å². The maximum atomic E-state index is 13.1. The van der Waals surface area contributed by atoms with Crippen molar-refractivity contribution in [2.24, 2.45) is 5.92 Å². The number of carbonyl (C=O) groups excluding carboxylic acids is 1. The standard InChI is InChI=1S/C20H27N5O3/c1-12-5-7-15(9-13(12)2)21-20(26)17(19-22-24-25-23-19)10-14-6-8-16(27-3)11-18(14)28-4/h5-9,11,17,19,22-25H,10H2,1-4H3,(H,21,26). The molecule has 1 unspecified atom stereocenters. The molecule has 0 aliphatic carbocycles. The van der Waals surface area contributed by atoms with Crippen LogP contribution in [-0.4, -0.2) is 26.3 Å². The molecule has 8 nitrogen and oxygen atoms in total. The van der Waals surface area contributed by atoms with Crippen LogP contribution in [0.5, 0.6) is 11.5 Å². The van der Waals surface area contributed by atoms with Crippen LogP contribution in [0.3, 0.4) is 0 Å². The lowest BCUT2D eigenvalue weighted by Gasteiger charge is -2.23. The molecule has 0 radical (unpaired) electrons. The Morgan fingerprint density at radius 3 is 2.43 bits per heavy atom. The molecule has 1 saturated heterocycles. The van der Waals surface area contributed by atoms with E-state index in [4.69, 9.17) is 9.47 Å². The number of methoxy groups -OCH3 is 2. The first-order valence-electron chi connectivity index (χ1n) is 9.12. The molecule has 0 saturated carbocycles. The molecule has 1 amide bonds. The van der Waals surface area contributed by atoms with E-state index in [-0.39, 0.29) is 12.1 Å². The van der Waals surface area contributed by atoms with Crippen LogP contribution in [0.2, 0.25) is 0 Å². The number of hydrogen-bond acceptors (Lipinski definition) is 7. The average molecular weight is 385 g/mol. The SMILES string of the molecule is COc1ccc(CC(C(=O)Nc2ccc(C)c(C)c2)C2NNNN2)c(OC)c1. The summed E-state index contributed by atoms with van der Waals surface area (Å²) < 4.78 is 10.8. The van der Waals surface area contributed by atoms with Gasteiger partial charge >= 0.3 is 0 Å². The predicted octanol–water partition coefficient (Wildman–Crippen LogP) is 1.56. The number of amides is 1. The van der Waals surface area contributed by atoms with Gasteiger partial charge in [-0.15, -0.1) is 0 Å². The van der Waals surface area contributed by atoms with Crippen molar-refractivity contribution < 1.29 is 14.3 Å². The number of rotatable bonds is 7. The summed E-state index contributed by atoms with van der Waals surface area (Å²) in [6.07, 6.45) is 0.163. The van der Waals surface area contributed by atoms with Crippen molar-refractivity contribution in [2.75, 3.05) is 19.5 Å². The van der Waals surface area contributed by atoms with Crippen LogP contribution >= 0.6 is 0 Å². The zero-order valence-electron chi connectivity index (χ0n) is 16.6. The first-order chi connectivity index (χ1) is 13.5. The molecule has 5 N–H and O–H groups in total. The van der Waals surface area contributed by atoms with E-state index in [1.807, 2.05) is 50.2 Å². The molecule has 2 aromatic rings. The normalized spacial score (nSPS) is 15.3. The Kier molecular flexibility index (Phi) is 6.48. The van der Waals surface area contributed by atoms with Crippen LogP contribution in [-0.2, 0) is 11.2 Å². The maximum absolute atomic E-state index is 13.1. The van der Waals surface area contributed by atoms with Crippen LogP contribution < -0.4 is 36.7 Å². The van der Waals surface area contributed by atoms with Gasteiger partial charge in [0.1, 0.15) is 11.5 Å². The number of aryl methyl sites for hydroxylation is 2. The molecule has 8 heteroatoms. The number of hydrogen-bond donors (Lipinski definition) is 5. The van der Waals surface area contributed by atoms with Gasteiger partial charge in [0, 0.05) is 11.8 Å². The Morgan fingerprint density at radius 1 is 1.04 bits per heavy atom. The van der Waals surface area contributed by atoms with Crippen LogP contribution in [0.4, 0.5) is 5.69 Å². The van der Waals surface area contributed by atoms with Crippen LogP contribution in [0.15, 0.2) is 36.4 Å². The quantitative estimate of drug-likeness (QED) is 0.494. The summed E-state index contributed by atoms with van der Waals surface area (Å²) in [6, 6.07) is 11.5. The summed E-state index contributed by atoms with van der Waals surface area (Å²) in [5, 5.41) is 3.03. The molecule has 1 fully saturated rings. The Bertz CT molecular complexity index is 837. The highest BCUT2D eigenvalue weighted by Crippen LogP contribution is 2.28. The minimum Gasteiger partial charge on any atom is -0.497 e. The van der Waals surface area contributed by atoms with Crippen LogP contribution in [0.25, 0.3) is 0 Å². The van der Waals surface area contributed by atoms with Gasteiger partial charge in [-0.1, -0.05) is 12.1 Å². The minimum absolute atomic E-state index is 0.100. The third kappa shape index (κ3) is 4.60. The Labute approximate surface area is 164 Å². The van der Waals surface area contributed by atoms with Crippen molar-refractivity contribution in [3.63, 3.8) is 0 Å². The molecular weight excluding hydrogens is 358 g/mol. The number of nitrogens with one attached hydrogen (secondary N) is 5. The van der Waals surface area contributed by atoms with Gasteiger partial charge in [0.2, 0.25) is 5.91 Å². The first-order valence-corrected chi connectivity index (χ1v) is 9.12. The highest BCUT2D eigenvalue weighted by atomic mass is 16.5. The molecule has 1 heterocycles. The lowest BCUT2D eigenvalue weighted by Crippen LogP contribution is -2.47. The molecule has 1 aliphatic heterocycles. The monoisotopic (exact) mass is 385 g/mol. The molecule has 0 bridgehead atoms. The lowest BCUT2D eigenvalue weighted by atomic mass is 9.94. The molecule has 1 aliphatic rings. The smallest absolute Gasteiger partial charge is 0.230 e. The maximum Gasteiger partial charge on any atom is 0.230 e. The van der Waals surface area contributed by atoms with E-state index in [0.29, 0.717) is 17.9 Å². The van der Waals surface area contributed by atoms with Gasteiger partial charge in [0.05, 0.1) is 26.3 Å². The van der Waals surface area contributed by atoms with Gasteiger partial charge in [-0.25, -0.2) is 10.9 Å². The fourth-order valence-corrected chi connectivity index (χ4v) is 3.14. The van der Waals surface area contributed by atoms with Crippen molar-refractivity contribution in [2.45, 2.75) is 26.4 Å². The zero-order valence-corrected chi connectivity index (χ0v) is 16.6. The molecular formula is C20H27N5O3. The van der Waals surface area contributed by atoms with Gasteiger partial charge in [-0.3, -0.25) is 4.79 Å². The largest absolute Gasteiger partial charge is 0.497 e. The summed E-state index contributed by atoms with van der Waals surface area (Å²) in [7, 11) is 3.22. The summed E-state index contributed by atoms with van der Waals surface area (Å²) in [6.45, 7) is 4.07. The van der Waals surface area contributed by atoms with Crippen LogP contribution in [0.1, 0.15) is 16.7 Å². The van der Waals surface area contributed by atoms with Crippen molar-refractivity contribution in [3.05, 3.63) is 53.1 Å². The van der Waals surface area contributed by atoms with E-state index in [2.05, 4.69) is 27.2 Å². The molecule has 0 spiro atoms. The van der Waals surface area contributed by atoms with Crippen molar-refractivity contribution in [1.82, 2.24) is 21.9 Å². The number of hydrazine groups is 3. The Morgan fingerprint density at radius 2 is 1.79 bits per heavy atom. The average Bonchev–Trinajstić information content (AvgIpc) is 3.23. The second-order valence-corrected chi connectivity index (χ2v) is 6.79. The summed E-state index contributed by atoms with van der Waals surface area (Å²) >= 11 is 0. The number of carbonyl (C=O) groups is 1. The minimum atomic E-state index is -0.411. The second-order valence-electron chi connectivity index (χ2n) is 6.79. The van der Waals surface area contributed by atoms with Gasteiger partial charge < -0.3 is 14.8 Å². The topological polar surface area (TPSA) is 95.7 Å². The van der Waals surface area contributed by atoms with Gasteiger partial charge in [-0.05, 0) is 55.2 Å². The molecule has 1 atom stereocenters. The Hall–Kier alpha value is -2.65. The number of benzene rings is 2. The van der Waals surface area contributed by atoms with E-state index in [9.17, 15) is 4.79 Å². The highest BCUT2D eigenvalue weighted by molar-refractivity contribution is 5.93. The van der Waals surface area contributed by atoms with E-state index in [1.54, 1.807) is 14.2 Å². The second kappa shape index (κ2) is 9.03. The third-order valence-corrected chi connectivity index (χ3v) is 4.97. The number of ether oxygens (including phenoxy) is 2. The summed E-state index contributed by atoms with van der Waals surface area (Å²) in [5.74, 6) is 0.877. The predicted molar refractivity (Wildman–Crippen MR) is 108 cm³/mol. The molecule has 150 valence electrons. The van der Waals surface area contributed by atoms with Crippen molar-refractivity contribution in [3.8, 4) is 11.5 Å². The van der Waals surface area contributed by atoms with E-state index in [0.717, 1.165) is 16.8 Å². The number of anilines is 1. The third-order valence-electron chi connectivity index (χ3n) is 4.97. The fraction of sp³-hybridized carbons (Fsp3) is 0.350. The van der Waals surface area contributed by atoms with E-state index >= 15 is 0 Å².